The van der Waals surface area contributed by atoms with Crippen molar-refractivity contribution in [3.8, 4) is 0 Å². The molecule has 1 fully saturated rings. The van der Waals surface area contributed by atoms with Crippen LogP contribution in [0.3, 0.4) is 0 Å². The summed E-state index contributed by atoms with van der Waals surface area (Å²) >= 11 is 1.93. The lowest BCUT2D eigenvalue weighted by molar-refractivity contribution is 0.355. The first kappa shape index (κ1) is 11.0. The van der Waals surface area contributed by atoms with E-state index in [-0.39, 0.29) is 5.92 Å². The zero-order valence-electron chi connectivity index (χ0n) is 8.98. The molecule has 5 heteroatoms. The summed E-state index contributed by atoms with van der Waals surface area (Å²) in [5.74, 6) is 2.91. The van der Waals surface area contributed by atoms with Gasteiger partial charge in [-0.2, -0.15) is 16.7 Å². The molecular formula is C10H17N3OS. The molecule has 0 radical (unpaired) electrons. The van der Waals surface area contributed by atoms with Gasteiger partial charge in [0.25, 0.3) is 0 Å². The first-order chi connectivity index (χ1) is 7.31. The Morgan fingerprint density at radius 1 is 1.60 bits per heavy atom. The molecule has 0 saturated carbocycles. The van der Waals surface area contributed by atoms with Crippen LogP contribution in [-0.2, 0) is 0 Å². The minimum Gasteiger partial charge on any atom is -0.339 e. The van der Waals surface area contributed by atoms with Crippen LogP contribution in [0.2, 0.25) is 0 Å². The number of nitrogens with two attached hydrogens (primary N) is 1. The van der Waals surface area contributed by atoms with Gasteiger partial charge in [-0.05, 0) is 18.6 Å². The molecular weight excluding hydrogens is 210 g/mol. The van der Waals surface area contributed by atoms with Gasteiger partial charge >= 0.3 is 0 Å². The molecule has 0 aliphatic carbocycles. The van der Waals surface area contributed by atoms with Gasteiger partial charge in [0.2, 0.25) is 5.89 Å². The Bertz CT molecular complexity index is 309. The summed E-state index contributed by atoms with van der Waals surface area (Å²) in [5, 5.41) is 4.48. The predicted molar refractivity (Wildman–Crippen MR) is 60.8 cm³/mol. The van der Waals surface area contributed by atoms with Gasteiger partial charge in [-0.1, -0.05) is 18.5 Å². The van der Waals surface area contributed by atoms with Gasteiger partial charge in [-0.3, -0.25) is 0 Å². The fourth-order valence-electron chi connectivity index (χ4n) is 1.62. The first-order valence-corrected chi connectivity index (χ1v) is 6.51. The Morgan fingerprint density at radius 3 is 3.13 bits per heavy atom. The van der Waals surface area contributed by atoms with Crippen LogP contribution in [-0.4, -0.2) is 22.4 Å². The minimum atomic E-state index is 0.167. The van der Waals surface area contributed by atoms with E-state index >= 15 is 0 Å². The van der Waals surface area contributed by atoms with E-state index in [0.29, 0.717) is 17.7 Å². The number of hydrogen-bond donors (Lipinski definition) is 1. The lowest BCUT2D eigenvalue weighted by Crippen LogP contribution is -2.09. The molecule has 0 spiro atoms. The van der Waals surface area contributed by atoms with Gasteiger partial charge in [0.15, 0.2) is 5.82 Å². The second-order valence-corrected chi connectivity index (χ2v) is 5.29. The third kappa shape index (κ3) is 2.52. The van der Waals surface area contributed by atoms with Crippen LogP contribution in [0.1, 0.15) is 49.1 Å². The maximum atomic E-state index is 5.56. The van der Waals surface area contributed by atoms with E-state index in [4.69, 9.17) is 10.3 Å². The molecule has 1 saturated heterocycles. The number of hydrogen-bond acceptors (Lipinski definition) is 5. The smallest absolute Gasteiger partial charge is 0.230 e. The summed E-state index contributed by atoms with van der Waals surface area (Å²) in [4.78, 5) is 4.43. The monoisotopic (exact) mass is 227 g/mol. The molecule has 4 nitrogen and oxygen atoms in total. The predicted octanol–water partition coefficient (Wildman–Crippen LogP) is 2.09. The number of nitrogens with zero attached hydrogens (tertiary/aromatic N) is 2. The Labute approximate surface area is 94.0 Å². The number of rotatable bonds is 3. The van der Waals surface area contributed by atoms with Crippen molar-refractivity contribution in [1.29, 1.82) is 0 Å². The van der Waals surface area contributed by atoms with Crippen LogP contribution >= 0.6 is 11.8 Å². The molecule has 2 rings (SSSR count). The summed E-state index contributed by atoms with van der Waals surface area (Å²) in [6, 6.07) is 0. The maximum Gasteiger partial charge on any atom is 0.230 e. The average Bonchev–Trinajstić information content (AvgIpc) is 2.78. The molecule has 2 heterocycles. The Morgan fingerprint density at radius 2 is 2.47 bits per heavy atom. The van der Waals surface area contributed by atoms with Crippen molar-refractivity contribution in [1.82, 2.24) is 10.1 Å². The highest BCUT2D eigenvalue weighted by Gasteiger charge is 2.22. The van der Waals surface area contributed by atoms with Crippen LogP contribution in [0.25, 0.3) is 0 Å². The van der Waals surface area contributed by atoms with E-state index in [2.05, 4.69) is 10.1 Å². The van der Waals surface area contributed by atoms with Crippen molar-refractivity contribution >= 4 is 11.8 Å². The summed E-state index contributed by atoms with van der Waals surface area (Å²) in [6.07, 6.45) is 3.75. The third-order valence-corrected chi connectivity index (χ3v) is 4.07. The molecule has 0 aromatic carbocycles. The summed E-state index contributed by atoms with van der Waals surface area (Å²) in [6.45, 7) is 2.56. The van der Waals surface area contributed by atoms with Crippen molar-refractivity contribution in [2.24, 2.45) is 5.73 Å². The van der Waals surface area contributed by atoms with E-state index in [9.17, 15) is 0 Å². The molecule has 1 aliphatic heterocycles. The molecule has 84 valence electrons. The van der Waals surface area contributed by atoms with Gasteiger partial charge in [-0.25, -0.2) is 0 Å². The van der Waals surface area contributed by atoms with Gasteiger partial charge in [0.05, 0.1) is 5.25 Å². The lowest BCUT2D eigenvalue weighted by Gasteiger charge is -2.17. The van der Waals surface area contributed by atoms with Crippen molar-refractivity contribution in [2.45, 2.75) is 37.4 Å². The second kappa shape index (κ2) is 4.99. The van der Waals surface area contributed by atoms with Gasteiger partial charge in [0, 0.05) is 12.5 Å². The van der Waals surface area contributed by atoms with Crippen molar-refractivity contribution in [2.75, 3.05) is 12.3 Å². The van der Waals surface area contributed by atoms with E-state index in [1.54, 1.807) is 0 Å². The van der Waals surface area contributed by atoms with Gasteiger partial charge in [-0.15, -0.1) is 0 Å². The van der Waals surface area contributed by atoms with E-state index in [0.717, 1.165) is 5.82 Å². The van der Waals surface area contributed by atoms with Crippen LogP contribution in [0.4, 0.5) is 0 Å². The van der Waals surface area contributed by atoms with Gasteiger partial charge in [0.1, 0.15) is 0 Å². The summed E-state index contributed by atoms with van der Waals surface area (Å²) in [5.41, 5.74) is 5.56. The highest BCUT2D eigenvalue weighted by molar-refractivity contribution is 7.99. The zero-order chi connectivity index (χ0) is 10.7. The van der Waals surface area contributed by atoms with E-state index < -0.39 is 0 Å². The van der Waals surface area contributed by atoms with E-state index in [1.165, 1.54) is 25.0 Å². The average molecular weight is 227 g/mol. The number of aromatic nitrogens is 2. The fraction of sp³-hybridized carbons (Fsp3) is 0.800. The van der Waals surface area contributed by atoms with Crippen LogP contribution in [0, 0.1) is 0 Å². The molecule has 0 bridgehead atoms. The second-order valence-electron chi connectivity index (χ2n) is 3.98. The van der Waals surface area contributed by atoms with Crippen LogP contribution < -0.4 is 5.73 Å². The van der Waals surface area contributed by atoms with Crippen LogP contribution in [0.15, 0.2) is 4.52 Å². The highest BCUT2D eigenvalue weighted by atomic mass is 32.2. The standard InChI is InChI=1S/C10H17N3OS/c1-7(6-11)10-12-9(13-14-10)8-4-2-3-5-15-8/h7-8H,2-6,11H2,1H3. The molecule has 1 aliphatic rings. The quantitative estimate of drug-likeness (QED) is 0.856. The SMILES string of the molecule is CC(CN)c1nc(C2CCCCS2)no1. The summed E-state index contributed by atoms with van der Waals surface area (Å²) in [7, 11) is 0. The Balaban J connectivity index is 2.05. The maximum absolute atomic E-state index is 5.56. The third-order valence-electron chi connectivity index (χ3n) is 2.70. The van der Waals surface area contributed by atoms with E-state index in [1.807, 2.05) is 18.7 Å². The molecule has 15 heavy (non-hydrogen) atoms. The van der Waals surface area contributed by atoms with Crippen molar-refractivity contribution in [3.05, 3.63) is 11.7 Å². The lowest BCUT2D eigenvalue weighted by atomic mass is 10.1. The minimum absolute atomic E-state index is 0.167. The highest BCUT2D eigenvalue weighted by Crippen LogP contribution is 2.36. The molecule has 2 N–H and O–H groups in total. The summed E-state index contributed by atoms with van der Waals surface area (Å²) < 4.78 is 5.22. The molecule has 1 aromatic heterocycles. The van der Waals surface area contributed by atoms with Crippen molar-refractivity contribution < 1.29 is 4.52 Å². The largest absolute Gasteiger partial charge is 0.339 e. The number of thioether (sulfide) groups is 1. The molecule has 2 unspecified atom stereocenters. The Kier molecular flexibility index (Phi) is 3.64. The molecule has 0 amide bonds. The van der Waals surface area contributed by atoms with Crippen LogP contribution in [0.5, 0.6) is 0 Å². The molecule has 1 aromatic rings. The Hall–Kier alpha value is -0.550. The molecule has 2 atom stereocenters. The van der Waals surface area contributed by atoms with Gasteiger partial charge < -0.3 is 10.3 Å². The van der Waals surface area contributed by atoms with Crippen molar-refractivity contribution in [3.63, 3.8) is 0 Å². The normalized spacial score (nSPS) is 24.0. The first-order valence-electron chi connectivity index (χ1n) is 5.46. The fourth-order valence-corrected chi connectivity index (χ4v) is 2.86. The zero-order valence-corrected chi connectivity index (χ0v) is 9.80. The topological polar surface area (TPSA) is 64.9 Å².